The molecular weight excluding hydrogens is 321 g/mol. The van der Waals surface area contributed by atoms with Crippen molar-refractivity contribution in [3.63, 3.8) is 0 Å². The number of carbonyl (C=O) groups is 3. The Hall–Kier alpha value is -1.79. The molecule has 0 aliphatic rings. The molecule has 0 fully saturated rings. The third-order valence-corrected chi connectivity index (χ3v) is 3.41. The molecule has 21 heavy (non-hydrogen) atoms. The summed E-state index contributed by atoms with van der Waals surface area (Å²) in [4.78, 5) is 33.4. The summed E-state index contributed by atoms with van der Waals surface area (Å²) in [5.41, 5.74) is 0.175. The molecule has 1 aromatic carbocycles. The summed E-state index contributed by atoms with van der Waals surface area (Å²) in [5, 5.41) is 20.3. The second-order valence-electron chi connectivity index (χ2n) is 4.28. The lowest BCUT2D eigenvalue weighted by Crippen LogP contribution is -2.40. The van der Waals surface area contributed by atoms with Crippen molar-refractivity contribution in [3.05, 3.63) is 33.8 Å². The lowest BCUT2D eigenvalue weighted by atomic mass is 10.1. The normalized spacial score (nSPS) is 11.7. The SMILES string of the molecule is O=C(O)CCC[C@@H](NC(=O)c1ccc(Cl)c(Cl)c1)C(=O)O. The zero-order chi connectivity index (χ0) is 16.0. The van der Waals surface area contributed by atoms with Gasteiger partial charge in [0, 0.05) is 12.0 Å². The summed E-state index contributed by atoms with van der Waals surface area (Å²) < 4.78 is 0. The summed E-state index contributed by atoms with van der Waals surface area (Å²) in [6.45, 7) is 0. The van der Waals surface area contributed by atoms with Crippen LogP contribution >= 0.6 is 23.2 Å². The zero-order valence-corrected chi connectivity index (χ0v) is 12.3. The van der Waals surface area contributed by atoms with Crippen LogP contribution in [0.2, 0.25) is 10.0 Å². The van der Waals surface area contributed by atoms with Gasteiger partial charge in [0.15, 0.2) is 0 Å². The van der Waals surface area contributed by atoms with Crippen molar-refractivity contribution in [3.8, 4) is 0 Å². The van der Waals surface area contributed by atoms with Crippen LogP contribution < -0.4 is 5.32 Å². The molecule has 0 aliphatic heterocycles. The minimum atomic E-state index is -1.23. The predicted octanol–water partition coefficient (Wildman–Crippen LogP) is 2.43. The first-order valence-electron chi connectivity index (χ1n) is 6.01. The van der Waals surface area contributed by atoms with Gasteiger partial charge in [-0.05, 0) is 31.0 Å². The van der Waals surface area contributed by atoms with Crippen LogP contribution in [-0.2, 0) is 9.59 Å². The number of amides is 1. The Kier molecular flexibility index (Phi) is 6.45. The Balaban J connectivity index is 2.69. The monoisotopic (exact) mass is 333 g/mol. The molecule has 114 valence electrons. The van der Waals surface area contributed by atoms with Crippen LogP contribution in [0.15, 0.2) is 18.2 Å². The molecule has 0 heterocycles. The van der Waals surface area contributed by atoms with Gasteiger partial charge in [-0.25, -0.2) is 4.79 Å². The topological polar surface area (TPSA) is 104 Å². The number of rotatable bonds is 7. The molecule has 0 bridgehead atoms. The number of carbonyl (C=O) groups excluding carboxylic acids is 1. The van der Waals surface area contributed by atoms with Crippen molar-refractivity contribution in [2.24, 2.45) is 0 Å². The van der Waals surface area contributed by atoms with E-state index >= 15 is 0 Å². The fraction of sp³-hybridized carbons (Fsp3) is 0.308. The van der Waals surface area contributed by atoms with E-state index in [2.05, 4.69) is 5.32 Å². The van der Waals surface area contributed by atoms with Gasteiger partial charge in [0.1, 0.15) is 6.04 Å². The van der Waals surface area contributed by atoms with Crippen molar-refractivity contribution >= 4 is 41.0 Å². The van der Waals surface area contributed by atoms with Crippen molar-refractivity contribution in [1.29, 1.82) is 0 Å². The van der Waals surface area contributed by atoms with Crippen LogP contribution in [0.5, 0.6) is 0 Å². The van der Waals surface area contributed by atoms with Gasteiger partial charge in [-0.2, -0.15) is 0 Å². The van der Waals surface area contributed by atoms with E-state index in [-0.39, 0.29) is 34.9 Å². The molecule has 8 heteroatoms. The number of nitrogens with one attached hydrogen (secondary N) is 1. The van der Waals surface area contributed by atoms with Gasteiger partial charge in [0.05, 0.1) is 10.0 Å². The van der Waals surface area contributed by atoms with E-state index in [1.54, 1.807) is 0 Å². The summed E-state index contributed by atoms with van der Waals surface area (Å²) in [5.74, 6) is -2.86. The average Bonchev–Trinajstić information content (AvgIpc) is 2.40. The maximum atomic E-state index is 11.9. The van der Waals surface area contributed by atoms with E-state index in [4.69, 9.17) is 33.4 Å². The van der Waals surface area contributed by atoms with Crippen molar-refractivity contribution in [2.45, 2.75) is 25.3 Å². The molecule has 1 aromatic rings. The summed E-state index contributed by atoms with van der Waals surface area (Å²) in [7, 11) is 0. The van der Waals surface area contributed by atoms with Crippen molar-refractivity contribution in [1.82, 2.24) is 5.32 Å². The van der Waals surface area contributed by atoms with E-state index in [1.165, 1.54) is 18.2 Å². The predicted molar refractivity (Wildman–Crippen MR) is 76.8 cm³/mol. The molecule has 0 saturated heterocycles. The maximum absolute atomic E-state index is 11.9. The van der Waals surface area contributed by atoms with Crippen LogP contribution in [0.3, 0.4) is 0 Å². The minimum absolute atomic E-state index is 0.0225. The molecule has 0 aliphatic carbocycles. The molecular formula is C13H13Cl2NO5. The van der Waals surface area contributed by atoms with Gasteiger partial charge >= 0.3 is 11.9 Å². The van der Waals surface area contributed by atoms with Crippen LogP contribution in [0.25, 0.3) is 0 Å². The molecule has 0 aromatic heterocycles. The van der Waals surface area contributed by atoms with Gasteiger partial charge in [-0.1, -0.05) is 23.2 Å². The Labute approximate surface area is 130 Å². The standard InChI is InChI=1S/C13H13Cl2NO5/c14-8-5-4-7(6-9(8)15)12(19)16-10(13(20)21)2-1-3-11(17)18/h4-6,10H,1-3H2,(H,16,19)(H,17,18)(H,20,21)/t10-/m1/s1. The highest BCUT2D eigenvalue weighted by Crippen LogP contribution is 2.22. The number of carboxylic acids is 2. The summed E-state index contributed by atoms with van der Waals surface area (Å²) >= 11 is 11.5. The maximum Gasteiger partial charge on any atom is 0.326 e. The molecule has 1 rings (SSSR count). The molecule has 0 saturated carbocycles. The summed E-state index contributed by atoms with van der Waals surface area (Å²) in [6.07, 6.45) is 0.00900. The summed E-state index contributed by atoms with van der Waals surface area (Å²) in [6, 6.07) is 3.01. The van der Waals surface area contributed by atoms with E-state index < -0.39 is 23.9 Å². The molecule has 0 spiro atoms. The molecule has 1 atom stereocenters. The zero-order valence-electron chi connectivity index (χ0n) is 10.8. The van der Waals surface area contributed by atoms with E-state index in [9.17, 15) is 14.4 Å². The van der Waals surface area contributed by atoms with Crippen LogP contribution in [0, 0.1) is 0 Å². The molecule has 0 unspecified atom stereocenters. The van der Waals surface area contributed by atoms with Crippen LogP contribution in [-0.4, -0.2) is 34.1 Å². The van der Waals surface area contributed by atoms with Crippen molar-refractivity contribution < 1.29 is 24.6 Å². The van der Waals surface area contributed by atoms with Crippen molar-refractivity contribution in [2.75, 3.05) is 0 Å². The Morgan fingerprint density at radius 3 is 2.33 bits per heavy atom. The van der Waals surface area contributed by atoms with E-state index in [0.29, 0.717) is 0 Å². The third-order valence-electron chi connectivity index (χ3n) is 2.67. The number of carboxylic acid groups (broad SMARTS) is 2. The van der Waals surface area contributed by atoms with Crippen LogP contribution in [0.4, 0.5) is 0 Å². The highest BCUT2D eigenvalue weighted by molar-refractivity contribution is 6.42. The average molecular weight is 334 g/mol. The number of benzene rings is 1. The third kappa shape index (κ3) is 5.61. The smallest absolute Gasteiger partial charge is 0.326 e. The highest BCUT2D eigenvalue weighted by atomic mass is 35.5. The number of hydrogen-bond donors (Lipinski definition) is 3. The minimum Gasteiger partial charge on any atom is -0.481 e. The lowest BCUT2D eigenvalue weighted by Gasteiger charge is -2.14. The van der Waals surface area contributed by atoms with Crippen LogP contribution in [0.1, 0.15) is 29.6 Å². The Morgan fingerprint density at radius 1 is 1.14 bits per heavy atom. The first-order chi connectivity index (χ1) is 9.81. The fourth-order valence-electron chi connectivity index (χ4n) is 1.59. The molecule has 0 radical (unpaired) electrons. The molecule has 1 amide bonds. The number of aliphatic carboxylic acids is 2. The first kappa shape index (κ1) is 17.3. The van der Waals surface area contributed by atoms with E-state index in [0.717, 1.165) is 0 Å². The Morgan fingerprint density at radius 2 is 1.81 bits per heavy atom. The highest BCUT2D eigenvalue weighted by Gasteiger charge is 2.21. The number of halogens is 2. The van der Waals surface area contributed by atoms with E-state index in [1.807, 2.05) is 0 Å². The van der Waals surface area contributed by atoms with Gasteiger partial charge in [0.2, 0.25) is 0 Å². The molecule has 3 N–H and O–H groups in total. The Bertz CT molecular complexity index is 561. The number of hydrogen-bond acceptors (Lipinski definition) is 3. The lowest BCUT2D eigenvalue weighted by molar-refractivity contribution is -0.140. The second kappa shape index (κ2) is 7.85. The first-order valence-corrected chi connectivity index (χ1v) is 6.77. The van der Waals surface area contributed by atoms with Gasteiger partial charge in [-0.3, -0.25) is 9.59 Å². The van der Waals surface area contributed by atoms with Gasteiger partial charge in [-0.15, -0.1) is 0 Å². The quantitative estimate of drug-likeness (QED) is 0.710. The van der Waals surface area contributed by atoms with Gasteiger partial charge < -0.3 is 15.5 Å². The second-order valence-corrected chi connectivity index (χ2v) is 5.09. The fourth-order valence-corrected chi connectivity index (χ4v) is 1.89. The largest absolute Gasteiger partial charge is 0.481 e. The molecule has 6 nitrogen and oxygen atoms in total. The van der Waals surface area contributed by atoms with Gasteiger partial charge in [0.25, 0.3) is 5.91 Å².